The molecule has 2 aromatic carbocycles. The molecule has 0 spiro atoms. The van der Waals surface area contributed by atoms with Crippen molar-refractivity contribution in [3.8, 4) is 0 Å². The van der Waals surface area contributed by atoms with Crippen LogP contribution in [-0.2, 0) is 9.59 Å². The standard InChI is InChI=1S/C20H15BrN2O3S2/c1-12(24)14-5-7-16(8-6-14)22-18(25)11-23-19(26)17(28-20(23)27)10-13-3-2-4-15(21)9-13/h2-10H,11H2,1H3,(H,22,25)/b17-10+. The lowest BCUT2D eigenvalue weighted by Crippen LogP contribution is -2.36. The molecule has 142 valence electrons. The minimum atomic E-state index is -0.365. The van der Waals surface area contributed by atoms with Crippen molar-refractivity contribution < 1.29 is 14.4 Å². The molecule has 3 rings (SSSR count). The second kappa shape index (κ2) is 8.81. The van der Waals surface area contributed by atoms with Gasteiger partial charge >= 0.3 is 0 Å². The van der Waals surface area contributed by atoms with E-state index in [1.165, 1.54) is 23.6 Å². The summed E-state index contributed by atoms with van der Waals surface area (Å²) in [6.45, 7) is 1.30. The minimum absolute atomic E-state index is 0.0484. The van der Waals surface area contributed by atoms with Crippen LogP contribution < -0.4 is 5.32 Å². The second-order valence-electron chi connectivity index (χ2n) is 6.00. The van der Waals surface area contributed by atoms with Crippen LogP contribution in [0, 0.1) is 0 Å². The molecule has 1 aliphatic heterocycles. The molecule has 28 heavy (non-hydrogen) atoms. The molecule has 0 saturated carbocycles. The zero-order valence-electron chi connectivity index (χ0n) is 14.8. The number of thioether (sulfide) groups is 1. The topological polar surface area (TPSA) is 66.5 Å². The summed E-state index contributed by atoms with van der Waals surface area (Å²) in [6.07, 6.45) is 1.75. The first-order valence-electron chi connectivity index (χ1n) is 8.25. The number of hydrogen-bond acceptors (Lipinski definition) is 5. The number of halogens is 1. The van der Waals surface area contributed by atoms with E-state index in [1.54, 1.807) is 30.3 Å². The summed E-state index contributed by atoms with van der Waals surface area (Å²) in [6, 6.07) is 14.1. The number of thiocarbonyl (C=S) groups is 1. The molecule has 1 saturated heterocycles. The third-order valence-electron chi connectivity index (χ3n) is 3.90. The van der Waals surface area contributed by atoms with Gasteiger partial charge in [-0.25, -0.2) is 0 Å². The van der Waals surface area contributed by atoms with Crippen LogP contribution in [0.15, 0.2) is 57.9 Å². The van der Waals surface area contributed by atoms with Crippen LogP contribution in [0.2, 0.25) is 0 Å². The Bertz CT molecular complexity index is 1000. The first-order valence-corrected chi connectivity index (χ1v) is 10.3. The van der Waals surface area contributed by atoms with Gasteiger partial charge in [-0.1, -0.05) is 52.0 Å². The van der Waals surface area contributed by atoms with E-state index in [0.29, 0.717) is 20.5 Å². The molecule has 5 nitrogen and oxygen atoms in total. The van der Waals surface area contributed by atoms with Gasteiger partial charge in [0.1, 0.15) is 10.9 Å². The molecule has 0 bridgehead atoms. The van der Waals surface area contributed by atoms with Gasteiger partial charge in [-0.3, -0.25) is 19.3 Å². The molecular weight excluding hydrogens is 460 g/mol. The molecule has 0 aromatic heterocycles. The number of anilines is 1. The Balaban J connectivity index is 1.66. The Morgan fingerprint density at radius 1 is 1.21 bits per heavy atom. The highest BCUT2D eigenvalue weighted by Gasteiger charge is 2.33. The third-order valence-corrected chi connectivity index (χ3v) is 5.77. The number of nitrogens with zero attached hydrogens (tertiary/aromatic N) is 1. The van der Waals surface area contributed by atoms with E-state index >= 15 is 0 Å². The fraction of sp³-hybridized carbons (Fsp3) is 0.100. The normalized spacial score (nSPS) is 15.2. The first kappa shape index (κ1) is 20.4. The molecule has 2 amide bonds. The number of nitrogens with one attached hydrogen (secondary N) is 1. The van der Waals surface area contributed by atoms with Gasteiger partial charge in [-0.05, 0) is 55.0 Å². The van der Waals surface area contributed by atoms with Crippen LogP contribution in [-0.4, -0.2) is 33.4 Å². The SMILES string of the molecule is CC(=O)c1ccc(NC(=O)CN2C(=O)/C(=C\c3cccc(Br)c3)SC2=S)cc1. The average Bonchev–Trinajstić information content (AvgIpc) is 2.89. The van der Waals surface area contributed by atoms with Crippen molar-refractivity contribution in [2.45, 2.75) is 6.92 Å². The number of carbonyl (C=O) groups excluding carboxylic acids is 3. The molecule has 1 fully saturated rings. The van der Waals surface area contributed by atoms with Crippen LogP contribution in [0.4, 0.5) is 5.69 Å². The highest BCUT2D eigenvalue weighted by molar-refractivity contribution is 9.10. The van der Waals surface area contributed by atoms with Crippen molar-refractivity contribution in [1.29, 1.82) is 0 Å². The molecule has 1 heterocycles. The Labute approximate surface area is 180 Å². The van der Waals surface area contributed by atoms with E-state index in [9.17, 15) is 14.4 Å². The van der Waals surface area contributed by atoms with Gasteiger partial charge in [0, 0.05) is 15.7 Å². The van der Waals surface area contributed by atoms with Crippen molar-refractivity contribution in [3.05, 3.63) is 69.0 Å². The van der Waals surface area contributed by atoms with Crippen molar-refractivity contribution in [2.75, 3.05) is 11.9 Å². The van der Waals surface area contributed by atoms with Gasteiger partial charge in [0.05, 0.1) is 4.91 Å². The van der Waals surface area contributed by atoms with Crippen LogP contribution in [0.1, 0.15) is 22.8 Å². The van der Waals surface area contributed by atoms with Gasteiger partial charge in [0.25, 0.3) is 5.91 Å². The monoisotopic (exact) mass is 474 g/mol. The zero-order valence-corrected chi connectivity index (χ0v) is 18.0. The van der Waals surface area contributed by atoms with Gasteiger partial charge < -0.3 is 5.32 Å². The molecule has 0 unspecified atom stereocenters. The summed E-state index contributed by atoms with van der Waals surface area (Å²) in [4.78, 5) is 38.0. The van der Waals surface area contributed by atoms with E-state index < -0.39 is 0 Å². The lowest BCUT2D eigenvalue weighted by atomic mass is 10.1. The first-order chi connectivity index (χ1) is 13.3. The van der Waals surface area contributed by atoms with E-state index in [4.69, 9.17) is 12.2 Å². The van der Waals surface area contributed by atoms with Crippen molar-refractivity contribution in [1.82, 2.24) is 4.90 Å². The molecule has 0 aliphatic carbocycles. The highest BCUT2D eigenvalue weighted by Crippen LogP contribution is 2.32. The van der Waals surface area contributed by atoms with Gasteiger partial charge in [0.15, 0.2) is 5.78 Å². The molecule has 2 aromatic rings. The van der Waals surface area contributed by atoms with E-state index in [2.05, 4.69) is 21.2 Å². The summed E-state index contributed by atoms with van der Waals surface area (Å²) in [5.74, 6) is -0.708. The van der Waals surface area contributed by atoms with Crippen LogP contribution >= 0.6 is 39.9 Å². The predicted octanol–water partition coefficient (Wildman–Crippen LogP) is 4.49. The number of rotatable bonds is 5. The average molecular weight is 475 g/mol. The summed E-state index contributed by atoms with van der Waals surface area (Å²) in [5.41, 5.74) is 1.97. The van der Waals surface area contributed by atoms with Crippen LogP contribution in [0.3, 0.4) is 0 Å². The molecule has 0 atom stereocenters. The van der Waals surface area contributed by atoms with Gasteiger partial charge in [-0.15, -0.1) is 0 Å². The maximum absolute atomic E-state index is 12.6. The number of amides is 2. The fourth-order valence-corrected chi connectivity index (χ4v) is 4.19. The predicted molar refractivity (Wildman–Crippen MR) is 119 cm³/mol. The Kier molecular flexibility index (Phi) is 6.43. The summed E-state index contributed by atoms with van der Waals surface area (Å²) < 4.78 is 1.25. The molecule has 8 heteroatoms. The van der Waals surface area contributed by atoms with Crippen molar-refractivity contribution >= 4 is 73.6 Å². The molecule has 1 N–H and O–H groups in total. The summed E-state index contributed by atoms with van der Waals surface area (Å²) in [7, 11) is 0. The van der Waals surface area contributed by atoms with E-state index in [-0.39, 0.29) is 24.1 Å². The van der Waals surface area contributed by atoms with E-state index in [1.807, 2.05) is 24.3 Å². The molecule has 1 aliphatic rings. The Hall–Kier alpha value is -2.29. The minimum Gasteiger partial charge on any atom is -0.325 e. The van der Waals surface area contributed by atoms with Crippen LogP contribution in [0.5, 0.6) is 0 Å². The Morgan fingerprint density at radius 3 is 2.57 bits per heavy atom. The third kappa shape index (κ3) is 4.95. The lowest BCUT2D eigenvalue weighted by Gasteiger charge is -2.14. The molecule has 0 radical (unpaired) electrons. The van der Waals surface area contributed by atoms with Crippen LogP contribution in [0.25, 0.3) is 6.08 Å². The van der Waals surface area contributed by atoms with Crippen molar-refractivity contribution in [2.24, 2.45) is 0 Å². The fourth-order valence-electron chi connectivity index (χ4n) is 2.52. The number of Topliss-reactive ketones (excluding diaryl/α,β-unsaturated/α-hetero) is 1. The van der Waals surface area contributed by atoms with E-state index in [0.717, 1.165) is 10.0 Å². The second-order valence-corrected chi connectivity index (χ2v) is 8.60. The highest BCUT2D eigenvalue weighted by atomic mass is 79.9. The number of benzene rings is 2. The Morgan fingerprint density at radius 2 is 1.93 bits per heavy atom. The largest absolute Gasteiger partial charge is 0.325 e. The number of ketones is 1. The maximum atomic E-state index is 12.6. The summed E-state index contributed by atoms with van der Waals surface area (Å²) >= 11 is 9.84. The summed E-state index contributed by atoms with van der Waals surface area (Å²) in [5, 5.41) is 2.71. The van der Waals surface area contributed by atoms with Gasteiger partial charge in [-0.2, -0.15) is 0 Å². The number of carbonyl (C=O) groups is 3. The molecular formula is C20H15BrN2O3S2. The maximum Gasteiger partial charge on any atom is 0.266 e. The van der Waals surface area contributed by atoms with Crippen molar-refractivity contribution in [3.63, 3.8) is 0 Å². The quantitative estimate of drug-likeness (QED) is 0.392. The lowest BCUT2D eigenvalue weighted by molar-refractivity contribution is -0.126. The zero-order chi connectivity index (χ0) is 20.3. The van der Waals surface area contributed by atoms with Gasteiger partial charge in [0.2, 0.25) is 5.91 Å². The smallest absolute Gasteiger partial charge is 0.266 e. The number of hydrogen-bond donors (Lipinski definition) is 1.